The van der Waals surface area contributed by atoms with E-state index in [2.05, 4.69) is 5.32 Å². The van der Waals surface area contributed by atoms with E-state index in [9.17, 15) is 9.18 Å². The fourth-order valence-corrected chi connectivity index (χ4v) is 2.08. The van der Waals surface area contributed by atoms with Crippen molar-refractivity contribution in [1.29, 1.82) is 0 Å². The van der Waals surface area contributed by atoms with Crippen LogP contribution in [0.2, 0.25) is 0 Å². The second-order valence-electron chi connectivity index (χ2n) is 4.79. The third kappa shape index (κ3) is 3.03. The molecular weight excluding hydrogens is 255 g/mol. The Bertz CT molecular complexity index is 638. The molecule has 0 aliphatic carbocycles. The summed E-state index contributed by atoms with van der Waals surface area (Å²) in [5.41, 5.74) is 8.46. The summed E-state index contributed by atoms with van der Waals surface area (Å²) in [6.45, 7) is 3.56. The molecule has 0 fully saturated rings. The van der Waals surface area contributed by atoms with Gasteiger partial charge in [0.15, 0.2) is 0 Å². The van der Waals surface area contributed by atoms with Gasteiger partial charge in [0, 0.05) is 17.3 Å². The van der Waals surface area contributed by atoms with E-state index in [-0.39, 0.29) is 17.8 Å². The number of rotatable bonds is 3. The number of hydrogen-bond donors (Lipinski definition) is 2. The number of aryl methyl sites for hydroxylation is 1. The lowest BCUT2D eigenvalue weighted by molar-refractivity contribution is 0.102. The first-order valence-electron chi connectivity index (χ1n) is 6.41. The predicted molar refractivity (Wildman–Crippen MR) is 78.1 cm³/mol. The van der Waals surface area contributed by atoms with Gasteiger partial charge in [-0.15, -0.1) is 0 Å². The lowest BCUT2D eigenvalue weighted by Crippen LogP contribution is -2.16. The number of amides is 1. The Hall–Kier alpha value is -2.20. The highest BCUT2D eigenvalue weighted by Gasteiger charge is 2.13. The molecule has 104 valence electrons. The fraction of sp³-hybridized carbons (Fsp3) is 0.188. The summed E-state index contributed by atoms with van der Waals surface area (Å²) in [6, 6.07) is 11.3. The van der Waals surface area contributed by atoms with Gasteiger partial charge >= 0.3 is 0 Å². The molecule has 0 aliphatic heterocycles. The van der Waals surface area contributed by atoms with Crippen LogP contribution in [0.1, 0.15) is 34.5 Å². The highest BCUT2D eigenvalue weighted by molar-refractivity contribution is 6.05. The number of carbonyl (C=O) groups excluding carboxylic acids is 1. The first kappa shape index (κ1) is 14.2. The van der Waals surface area contributed by atoms with Crippen LogP contribution in [0, 0.1) is 12.7 Å². The van der Waals surface area contributed by atoms with Gasteiger partial charge in [0.05, 0.1) is 0 Å². The van der Waals surface area contributed by atoms with E-state index >= 15 is 0 Å². The van der Waals surface area contributed by atoms with Crippen LogP contribution in [0.4, 0.5) is 10.1 Å². The Morgan fingerprint density at radius 2 is 1.95 bits per heavy atom. The second kappa shape index (κ2) is 5.84. The molecule has 0 aromatic heterocycles. The second-order valence-corrected chi connectivity index (χ2v) is 4.79. The molecule has 2 aromatic carbocycles. The van der Waals surface area contributed by atoms with Crippen molar-refractivity contribution in [2.24, 2.45) is 5.73 Å². The van der Waals surface area contributed by atoms with Gasteiger partial charge in [0.25, 0.3) is 5.91 Å². The molecule has 2 aromatic rings. The van der Waals surface area contributed by atoms with Crippen LogP contribution >= 0.6 is 0 Å². The molecule has 2 rings (SSSR count). The minimum absolute atomic E-state index is 0.180. The number of nitrogens with two attached hydrogens (primary N) is 1. The van der Waals surface area contributed by atoms with Crippen molar-refractivity contribution in [2.75, 3.05) is 5.32 Å². The van der Waals surface area contributed by atoms with Gasteiger partial charge in [-0.25, -0.2) is 4.39 Å². The van der Waals surface area contributed by atoms with Crippen LogP contribution < -0.4 is 11.1 Å². The number of benzene rings is 2. The van der Waals surface area contributed by atoms with E-state index in [0.29, 0.717) is 16.8 Å². The van der Waals surface area contributed by atoms with Gasteiger partial charge in [-0.3, -0.25) is 4.79 Å². The molecule has 1 atom stereocenters. The van der Waals surface area contributed by atoms with Crippen LogP contribution in [0.5, 0.6) is 0 Å². The van der Waals surface area contributed by atoms with Crippen molar-refractivity contribution in [3.63, 3.8) is 0 Å². The first-order valence-corrected chi connectivity index (χ1v) is 6.41. The van der Waals surface area contributed by atoms with E-state index in [1.165, 1.54) is 18.2 Å². The van der Waals surface area contributed by atoms with Gasteiger partial charge in [-0.05, 0) is 49.2 Å². The van der Waals surface area contributed by atoms with Gasteiger partial charge in [0.1, 0.15) is 5.82 Å². The number of halogens is 1. The number of para-hydroxylation sites is 1. The average molecular weight is 272 g/mol. The molecule has 1 unspecified atom stereocenters. The summed E-state index contributed by atoms with van der Waals surface area (Å²) in [6.07, 6.45) is 0. The summed E-state index contributed by atoms with van der Waals surface area (Å²) in [5.74, 6) is -0.620. The quantitative estimate of drug-likeness (QED) is 0.899. The Morgan fingerprint density at radius 3 is 2.60 bits per heavy atom. The van der Waals surface area contributed by atoms with Crippen LogP contribution in [0.3, 0.4) is 0 Å². The van der Waals surface area contributed by atoms with Crippen molar-refractivity contribution < 1.29 is 9.18 Å². The Morgan fingerprint density at radius 1 is 1.25 bits per heavy atom. The zero-order chi connectivity index (χ0) is 14.7. The maximum atomic E-state index is 13.1. The van der Waals surface area contributed by atoms with E-state index in [1.54, 1.807) is 13.0 Å². The molecule has 0 saturated carbocycles. The molecule has 0 bridgehead atoms. The summed E-state index contributed by atoms with van der Waals surface area (Å²) in [7, 11) is 0. The third-order valence-electron chi connectivity index (χ3n) is 3.13. The van der Waals surface area contributed by atoms with Crippen LogP contribution in [-0.4, -0.2) is 5.91 Å². The summed E-state index contributed by atoms with van der Waals surface area (Å²) >= 11 is 0. The molecular formula is C16H17FN2O. The number of anilines is 1. The third-order valence-corrected chi connectivity index (χ3v) is 3.13. The van der Waals surface area contributed by atoms with Crippen molar-refractivity contribution >= 4 is 11.6 Å². The smallest absolute Gasteiger partial charge is 0.255 e. The average Bonchev–Trinajstić information content (AvgIpc) is 2.38. The van der Waals surface area contributed by atoms with Gasteiger partial charge in [-0.2, -0.15) is 0 Å². The minimum atomic E-state index is -0.352. The molecule has 0 radical (unpaired) electrons. The van der Waals surface area contributed by atoms with Crippen LogP contribution in [0.25, 0.3) is 0 Å². The first-order chi connectivity index (χ1) is 9.49. The van der Waals surface area contributed by atoms with Crippen molar-refractivity contribution in [1.82, 2.24) is 0 Å². The number of carbonyl (C=O) groups is 1. The minimum Gasteiger partial charge on any atom is -0.324 e. The molecule has 1 amide bonds. The predicted octanol–water partition coefficient (Wildman–Crippen LogP) is 3.41. The van der Waals surface area contributed by atoms with Crippen molar-refractivity contribution in [2.45, 2.75) is 19.9 Å². The highest BCUT2D eigenvalue weighted by Crippen LogP contribution is 2.22. The zero-order valence-electron chi connectivity index (χ0n) is 11.5. The molecule has 0 spiro atoms. The number of hydrogen-bond acceptors (Lipinski definition) is 2. The Balaban J connectivity index is 2.28. The number of nitrogens with one attached hydrogen (secondary N) is 1. The fourth-order valence-electron chi connectivity index (χ4n) is 2.08. The lowest BCUT2D eigenvalue weighted by atomic mass is 10.1. The Labute approximate surface area is 117 Å². The van der Waals surface area contributed by atoms with Crippen molar-refractivity contribution in [3.8, 4) is 0 Å². The lowest BCUT2D eigenvalue weighted by Gasteiger charge is -2.14. The van der Waals surface area contributed by atoms with Gasteiger partial charge in [-0.1, -0.05) is 18.2 Å². The van der Waals surface area contributed by atoms with Gasteiger partial charge < -0.3 is 11.1 Å². The maximum Gasteiger partial charge on any atom is 0.255 e. The molecule has 3 N–H and O–H groups in total. The van der Waals surface area contributed by atoms with E-state index in [4.69, 9.17) is 5.73 Å². The summed E-state index contributed by atoms with van der Waals surface area (Å²) < 4.78 is 13.1. The normalized spacial score (nSPS) is 12.0. The molecule has 20 heavy (non-hydrogen) atoms. The molecule has 4 heteroatoms. The van der Waals surface area contributed by atoms with Crippen LogP contribution in [-0.2, 0) is 0 Å². The Kier molecular flexibility index (Phi) is 4.15. The van der Waals surface area contributed by atoms with E-state index in [1.807, 2.05) is 25.1 Å². The zero-order valence-corrected chi connectivity index (χ0v) is 11.5. The standard InChI is InChI=1S/C16H17FN2O/c1-10-9-12(17)7-8-13(10)16(20)19-15-6-4-3-5-14(15)11(2)18/h3-9,11H,18H2,1-2H3,(H,19,20). The largest absolute Gasteiger partial charge is 0.324 e. The molecule has 0 aliphatic rings. The van der Waals surface area contributed by atoms with E-state index < -0.39 is 0 Å². The monoisotopic (exact) mass is 272 g/mol. The van der Waals surface area contributed by atoms with E-state index in [0.717, 1.165) is 5.56 Å². The molecule has 3 nitrogen and oxygen atoms in total. The topological polar surface area (TPSA) is 55.1 Å². The summed E-state index contributed by atoms with van der Waals surface area (Å²) in [5, 5.41) is 2.83. The molecule has 0 heterocycles. The van der Waals surface area contributed by atoms with Gasteiger partial charge in [0.2, 0.25) is 0 Å². The molecule has 0 saturated heterocycles. The highest BCUT2D eigenvalue weighted by atomic mass is 19.1. The SMILES string of the molecule is Cc1cc(F)ccc1C(=O)Nc1ccccc1C(C)N. The summed E-state index contributed by atoms with van der Waals surface area (Å²) in [4.78, 5) is 12.2. The van der Waals surface area contributed by atoms with Crippen LogP contribution in [0.15, 0.2) is 42.5 Å². The van der Waals surface area contributed by atoms with Crippen molar-refractivity contribution in [3.05, 3.63) is 65.0 Å². The maximum absolute atomic E-state index is 13.1.